The van der Waals surface area contributed by atoms with Crippen molar-refractivity contribution in [1.29, 1.82) is 0 Å². The largest absolute Gasteiger partial charge is 0.461 e. The Morgan fingerprint density at radius 2 is 2.27 bits per heavy atom. The number of alkyl halides is 2. The molecule has 0 fully saturated rings. The van der Waals surface area contributed by atoms with Gasteiger partial charge in [-0.05, 0) is 11.6 Å². The quantitative estimate of drug-likeness (QED) is 0.780. The molecule has 1 rings (SSSR count). The average molecular weight is 296 g/mol. The van der Waals surface area contributed by atoms with Crippen molar-refractivity contribution in [1.82, 2.24) is 0 Å². The lowest BCUT2D eigenvalue weighted by Gasteiger charge is -2.07. The number of Topliss-reactive ketones (excluding diaryl/α,β-unsaturated/α-hetero) is 1. The van der Waals surface area contributed by atoms with Crippen LogP contribution in [0.25, 0.3) is 0 Å². The van der Waals surface area contributed by atoms with Crippen molar-refractivity contribution in [2.24, 2.45) is 0 Å². The summed E-state index contributed by atoms with van der Waals surface area (Å²) in [7, 11) is 0. The van der Waals surface area contributed by atoms with Crippen molar-refractivity contribution in [2.45, 2.75) is 6.42 Å². The molecule has 2 nitrogen and oxygen atoms in total. The van der Waals surface area contributed by atoms with Gasteiger partial charge in [0.05, 0.1) is 10.4 Å². The first-order chi connectivity index (χ1) is 7.19. The Balaban J connectivity index is 2.88. The maximum Gasteiger partial charge on any atom is 0.228 e. The molecule has 5 heteroatoms. The summed E-state index contributed by atoms with van der Waals surface area (Å²) in [6.45, 7) is -0.935. The van der Waals surface area contributed by atoms with Crippen LogP contribution in [0.4, 0.5) is 4.39 Å². The van der Waals surface area contributed by atoms with E-state index in [0.717, 1.165) is 0 Å². The van der Waals surface area contributed by atoms with E-state index < -0.39 is 6.86 Å². The molecule has 0 aliphatic carbocycles. The van der Waals surface area contributed by atoms with Gasteiger partial charge in [-0.15, -0.1) is 0 Å². The van der Waals surface area contributed by atoms with Gasteiger partial charge >= 0.3 is 0 Å². The first-order valence-electron chi connectivity index (χ1n) is 4.23. The second-order valence-corrected chi connectivity index (χ2v) is 3.77. The number of carbonyl (C=O) groups excluding carboxylic acids is 1. The van der Waals surface area contributed by atoms with Crippen molar-refractivity contribution in [3.63, 3.8) is 0 Å². The number of rotatable bonds is 5. The highest BCUT2D eigenvalue weighted by Crippen LogP contribution is 2.28. The summed E-state index contributed by atoms with van der Waals surface area (Å²) in [5.41, 5.74) is 0.645. The zero-order chi connectivity index (χ0) is 11.3. The topological polar surface area (TPSA) is 26.3 Å². The highest BCUT2D eigenvalue weighted by atomic mass is 79.9. The smallest absolute Gasteiger partial charge is 0.228 e. The minimum atomic E-state index is -0.935. The zero-order valence-corrected chi connectivity index (χ0v) is 10.1. The SMILES string of the molecule is O=C(CBr)Cc1cccc(OCF)c1Cl. The van der Waals surface area contributed by atoms with Crippen LogP contribution in [0, 0.1) is 0 Å². The van der Waals surface area contributed by atoms with Gasteiger partial charge in [-0.2, -0.15) is 0 Å². The van der Waals surface area contributed by atoms with Crippen molar-refractivity contribution in [3.05, 3.63) is 28.8 Å². The summed E-state index contributed by atoms with van der Waals surface area (Å²) in [6.07, 6.45) is 0.216. The Labute approximate surface area is 101 Å². The fourth-order valence-electron chi connectivity index (χ4n) is 1.12. The van der Waals surface area contributed by atoms with Gasteiger partial charge in [0.15, 0.2) is 0 Å². The van der Waals surface area contributed by atoms with Crippen LogP contribution in [-0.2, 0) is 11.2 Å². The number of hydrogen-bond donors (Lipinski definition) is 0. The van der Waals surface area contributed by atoms with E-state index in [9.17, 15) is 9.18 Å². The number of ketones is 1. The van der Waals surface area contributed by atoms with Gasteiger partial charge in [-0.3, -0.25) is 4.79 Å². The fourth-order valence-corrected chi connectivity index (χ4v) is 1.57. The Morgan fingerprint density at radius 1 is 1.53 bits per heavy atom. The molecular formula is C10H9BrClFO2. The van der Waals surface area contributed by atoms with Crippen LogP contribution in [-0.4, -0.2) is 18.0 Å². The Morgan fingerprint density at radius 3 is 2.87 bits per heavy atom. The molecule has 0 aliphatic rings. The number of ether oxygens (including phenoxy) is 1. The monoisotopic (exact) mass is 294 g/mol. The lowest BCUT2D eigenvalue weighted by Crippen LogP contribution is -2.04. The van der Waals surface area contributed by atoms with Crippen LogP contribution in [0.1, 0.15) is 5.56 Å². The third-order valence-corrected chi connectivity index (χ3v) is 2.84. The van der Waals surface area contributed by atoms with Gasteiger partial charge in [0.25, 0.3) is 0 Å². The molecule has 0 atom stereocenters. The van der Waals surface area contributed by atoms with Gasteiger partial charge in [-0.1, -0.05) is 39.7 Å². The molecule has 0 spiro atoms. The van der Waals surface area contributed by atoms with E-state index in [1.54, 1.807) is 18.2 Å². The van der Waals surface area contributed by atoms with Crippen LogP contribution in [0.5, 0.6) is 5.75 Å². The second kappa shape index (κ2) is 6.08. The van der Waals surface area contributed by atoms with E-state index >= 15 is 0 Å². The summed E-state index contributed by atoms with van der Waals surface area (Å²) < 4.78 is 16.6. The molecular weight excluding hydrogens is 286 g/mol. The molecule has 1 aromatic rings. The standard InChI is InChI=1S/C10H9BrClFO2/c11-5-8(14)4-7-2-1-3-9(10(7)12)15-6-13/h1-3H,4-6H2. The van der Waals surface area contributed by atoms with Crippen LogP contribution in [0.3, 0.4) is 0 Å². The molecule has 0 saturated heterocycles. The number of hydrogen-bond acceptors (Lipinski definition) is 2. The molecule has 82 valence electrons. The predicted molar refractivity (Wildman–Crippen MR) is 60.6 cm³/mol. The summed E-state index contributed by atoms with van der Waals surface area (Å²) in [4.78, 5) is 11.2. The van der Waals surface area contributed by atoms with Gasteiger partial charge in [0, 0.05) is 6.42 Å². The van der Waals surface area contributed by atoms with Crippen molar-refractivity contribution in [3.8, 4) is 5.75 Å². The van der Waals surface area contributed by atoms with Gasteiger partial charge < -0.3 is 4.74 Å². The molecule has 0 N–H and O–H groups in total. The van der Waals surface area contributed by atoms with Crippen molar-refractivity contribution >= 4 is 33.3 Å². The first kappa shape index (κ1) is 12.5. The molecule has 0 aromatic heterocycles. The van der Waals surface area contributed by atoms with Crippen LogP contribution >= 0.6 is 27.5 Å². The number of benzene rings is 1. The fraction of sp³-hybridized carbons (Fsp3) is 0.300. The van der Waals surface area contributed by atoms with E-state index in [-0.39, 0.29) is 23.3 Å². The zero-order valence-electron chi connectivity index (χ0n) is 7.80. The van der Waals surface area contributed by atoms with E-state index in [1.807, 2.05) is 0 Å². The predicted octanol–water partition coefficient (Wildman–Crippen LogP) is 3.15. The highest BCUT2D eigenvalue weighted by Gasteiger charge is 2.10. The Hall–Kier alpha value is -0.610. The molecule has 0 bridgehead atoms. The van der Waals surface area contributed by atoms with Crippen LogP contribution in [0.15, 0.2) is 18.2 Å². The Kier molecular flexibility index (Phi) is 5.05. The van der Waals surface area contributed by atoms with Crippen LogP contribution < -0.4 is 4.74 Å². The molecule has 15 heavy (non-hydrogen) atoms. The maximum atomic E-state index is 12.0. The van der Waals surface area contributed by atoms with Gasteiger partial charge in [0.2, 0.25) is 6.86 Å². The molecule has 0 aliphatic heterocycles. The summed E-state index contributed by atoms with van der Waals surface area (Å²) in [5.74, 6) is 0.272. The summed E-state index contributed by atoms with van der Waals surface area (Å²) in [5, 5.41) is 0.571. The molecule has 0 radical (unpaired) electrons. The lowest BCUT2D eigenvalue weighted by atomic mass is 10.1. The number of carbonyl (C=O) groups is 1. The summed E-state index contributed by atoms with van der Waals surface area (Å²) >= 11 is 8.99. The van der Waals surface area contributed by atoms with Gasteiger partial charge in [-0.25, -0.2) is 4.39 Å². The van der Waals surface area contributed by atoms with E-state index in [1.165, 1.54) is 0 Å². The molecule has 0 saturated carbocycles. The minimum absolute atomic E-state index is 0.00861. The highest BCUT2D eigenvalue weighted by molar-refractivity contribution is 9.09. The second-order valence-electron chi connectivity index (χ2n) is 2.83. The van der Waals surface area contributed by atoms with Crippen molar-refractivity contribution < 1.29 is 13.9 Å². The molecule has 0 amide bonds. The first-order valence-corrected chi connectivity index (χ1v) is 5.72. The van der Waals surface area contributed by atoms with E-state index in [0.29, 0.717) is 10.6 Å². The maximum absolute atomic E-state index is 12.0. The molecule has 1 aromatic carbocycles. The Bertz CT molecular complexity index is 357. The van der Waals surface area contributed by atoms with Crippen LogP contribution in [0.2, 0.25) is 5.02 Å². The third kappa shape index (κ3) is 3.47. The molecule has 0 heterocycles. The molecule has 0 unspecified atom stereocenters. The summed E-state index contributed by atoms with van der Waals surface area (Å²) in [6, 6.07) is 4.95. The average Bonchev–Trinajstić information content (AvgIpc) is 2.24. The van der Waals surface area contributed by atoms with Gasteiger partial charge in [0.1, 0.15) is 11.5 Å². The normalized spacial score (nSPS) is 10.1. The van der Waals surface area contributed by atoms with Crippen molar-refractivity contribution in [2.75, 3.05) is 12.2 Å². The lowest BCUT2D eigenvalue weighted by molar-refractivity contribution is -0.115. The van der Waals surface area contributed by atoms with E-state index in [4.69, 9.17) is 11.6 Å². The minimum Gasteiger partial charge on any atom is -0.461 e. The third-order valence-electron chi connectivity index (χ3n) is 1.79. The number of halogens is 3. The van der Waals surface area contributed by atoms with E-state index in [2.05, 4.69) is 20.7 Å².